The van der Waals surface area contributed by atoms with Crippen LogP contribution >= 0.6 is 0 Å². The predicted octanol–water partition coefficient (Wildman–Crippen LogP) is 2.99. The van der Waals surface area contributed by atoms with Crippen molar-refractivity contribution in [2.45, 2.75) is 32.6 Å². The zero-order valence-corrected chi connectivity index (χ0v) is 11.5. The standard InChI is InChI=1S/C15H20N2O2/c1-11-7-3-5-9-13(11)16-17-15(18)12-8-4-6-10-14(12)19-2/h4,6,8,10-11H,3,5,7,9H2,1-2H3,(H,17,18)/b16-13-. The van der Waals surface area contributed by atoms with Gasteiger partial charge in [-0.1, -0.05) is 25.5 Å². The molecule has 1 aliphatic rings. The third-order valence-corrected chi connectivity index (χ3v) is 3.54. The normalized spacial score (nSPS) is 21.2. The lowest BCUT2D eigenvalue weighted by molar-refractivity contribution is 0.0951. The Labute approximate surface area is 113 Å². The fourth-order valence-electron chi connectivity index (χ4n) is 2.35. The van der Waals surface area contributed by atoms with Gasteiger partial charge in [0.2, 0.25) is 0 Å². The van der Waals surface area contributed by atoms with E-state index in [4.69, 9.17) is 4.74 Å². The van der Waals surface area contributed by atoms with Crippen molar-refractivity contribution < 1.29 is 9.53 Å². The number of hydrazone groups is 1. The summed E-state index contributed by atoms with van der Waals surface area (Å²) in [6, 6.07) is 7.16. The van der Waals surface area contributed by atoms with E-state index in [0.717, 1.165) is 25.0 Å². The van der Waals surface area contributed by atoms with E-state index >= 15 is 0 Å². The average molecular weight is 260 g/mol. The zero-order valence-electron chi connectivity index (χ0n) is 11.5. The maximum absolute atomic E-state index is 12.1. The summed E-state index contributed by atoms with van der Waals surface area (Å²) >= 11 is 0. The third-order valence-electron chi connectivity index (χ3n) is 3.54. The van der Waals surface area contributed by atoms with Crippen molar-refractivity contribution in [2.75, 3.05) is 7.11 Å². The molecule has 0 heterocycles. The first-order valence-electron chi connectivity index (χ1n) is 6.72. The van der Waals surface area contributed by atoms with Gasteiger partial charge in [-0.2, -0.15) is 5.10 Å². The van der Waals surface area contributed by atoms with Crippen molar-refractivity contribution in [3.8, 4) is 5.75 Å². The van der Waals surface area contributed by atoms with Gasteiger partial charge in [0.1, 0.15) is 5.75 Å². The van der Waals surface area contributed by atoms with Crippen LogP contribution in [0, 0.1) is 5.92 Å². The number of para-hydroxylation sites is 1. The number of carbonyl (C=O) groups is 1. The fourth-order valence-corrected chi connectivity index (χ4v) is 2.35. The summed E-state index contributed by atoms with van der Waals surface area (Å²) in [6.07, 6.45) is 4.55. The number of hydrogen-bond acceptors (Lipinski definition) is 3. The minimum absolute atomic E-state index is 0.220. The lowest BCUT2D eigenvalue weighted by atomic mass is 9.89. The van der Waals surface area contributed by atoms with E-state index < -0.39 is 0 Å². The molecule has 1 aromatic rings. The van der Waals surface area contributed by atoms with Crippen molar-refractivity contribution in [1.29, 1.82) is 0 Å². The molecular formula is C15H20N2O2. The number of hydrogen-bond donors (Lipinski definition) is 1. The van der Waals surface area contributed by atoms with E-state index in [1.165, 1.54) is 6.42 Å². The molecule has 1 saturated carbocycles. The largest absolute Gasteiger partial charge is 0.496 e. The minimum Gasteiger partial charge on any atom is -0.496 e. The second-order valence-electron chi connectivity index (χ2n) is 4.89. The number of methoxy groups -OCH3 is 1. The molecule has 19 heavy (non-hydrogen) atoms. The van der Waals surface area contributed by atoms with Crippen molar-refractivity contribution in [3.05, 3.63) is 29.8 Å². The topological polar surface area (TPSA) is 50.7 Å². The first-order valence-corrected chi connectivity index (χ1v) is 6.72. The van der Waals surface area contributed by atoms with Crippen molar-refractivity contribution in [2.24, 2.45) is 11.0 Å². The van der Waals surface area contributed by atoms with Crippen LogP contribution in [0.3, 0.4) is 0 Å². The van der Waals surface area contributed by atoms with Gasteiger partial charge >= 0.3 is 0 Å². The first kappa shape index (κ1) is 13.6. The van der Waals surface area contributed by atoms with E-state index in [1.807, 2.05) is 12.1 Å². The Balaban J connectivity index is 2.06. The SMILES string of the molecule is COc1ccccc1C(=O)N/N=C1/CCCCC1C. The van der Waals surface area contributed by atoms with Gasteiger partial charge in [-0.3, -0.25) is 4.79 Å². The molecule has 1 aromatic carbocycles. The van der Waals surface area contributed by atoms with Gasteiger partial charge in [0.15, 0.2) is 0 Å². The summed E-state index contributed by atoms with van der Waals surface area (Å²) in [5.41, 5.74) is 4.25. The van der Waals surface area contributed by atoms with E-state index in [1.54, 1.807) is 19.2 Å². The molecule has 0 aromatic heterocycles. The lowest BCUT2D eigenvalue weighted by Gasteiger charge is -2.19. The van der Waals surface area contributed by atoms with Gasteiger partial charge in [-0.25, -0.2) is 5.43 Å². The second kappa shape index (κ2) is 6.36. The summed E-state index contributed by atoms with van der Waals surface area (Å²) in [5.74, 6) is 0.811. The van der Waals surface area contributed by atoms with Gasteiger partial charge in [0, 0.05) is 5.71 Å². The molecule has 102 valence electrons. The van der Waals surface area contributed by atoms with Crippen LogP contribution in [0.2, 0.25) is 0 Å². The van der Waals surface area contributed by atoms with Crippen LogP contribution in [-0.4, -0.2) is 18.7 Å². The summed E-state index contributed by atoms with van der Waals surface area (Å²) in [5, 5.41) is 4.28. The number of nitrogens with zero attached hydrogens (tertiary/aromatic N) is 1. The maximum Gasteiger partial charge on any atom is 0.275 e. The van der Waals surface area contributed by atoms with E-state index in [-0.39, 0.29) is 5.91 Å². The van der Waals surface area contributed by atoms with Crippen molar-refractivity contribution >= 4 is 11.6 Å². The summed E-state index contributed by atoms with van der Waals surface area (Å²) in [4.78, 5) is 12.1. The van der Waals surface area contributed by atoms with Gasteiger partial charge in [0.05, 0.1) is 12.7 Å². The molecule has 1 fully saturated rings. The van der Waals surface area contributed by atoms with E-state index in [0.29, 0.717) is 17.2 Å². The smallest absolute Gasteiger partial charge is 0.275 e. The number of carbonyl (C=O) groups excluding carboxylic acids is 1. The molecule has 0 aliphatic heterocycles. The molecule has 1 amide bonds. The number of ether oxygens (including phenoxy) is 1. The maximum atomic E-state index is 12.1. The quantitative estimate of drug-likeness (QED) is 0.849. The minimum atomic E-state index is -0.220. The van der Waals surface area contributed by atoms with Crippen LogP contribution in [-0.2, 0) is 0 Å². The molecule has 1 aliphatic carbocycles. The number of rotatable bonds is 3. The molecule has 2 rings (SSSR count). The number of nitrogens with one attached hydrogen (secondary N) is 1. The van der Waals surface area contributed by atoms with E-state index in [9.17, 15) is 4.79 Å². The van der Waals surface area contributed by atoms with Crippen LogP contribution in [0.25, 0.3) is 0 Å². The van der Waals surface area contributed by atoms with Crippen molar-refractivity contribution in [3.63, 3.8) is 0 Å². The number of amides is 1. The Hall–Kier alpha value is -1.84. The predicted molar refractivity (Wildman–Crippen MR) is 75.5 cm³/mol. The lowest BCUT2D eigenvalue weighted by Crippen LogP contribution is -2.24. The number of benzene rings is 1. The highest BCUT2D eigenvalue weighted by atomic mass is 16.5. The second-order valence-corrected chi connectivity index (χ2v) is 4.89. The molecule has 0 bridgehead atoms. The highest BCUT2D eigenvalue weighted by Crippen LogP contribution is 2.21. The first-order chi connectivity index (χ1) is 9.22. The molecular weight excluding hydrogens is 240 g/mol. The monoisotopic (exact) mass is 260 g/mol. The Morgan fingerprint density at radius 3 is 2.89 bits per heavy atom. The van der Waals surface area contributed by atoms with Crippen LogP contribution < -0.4 is 10.2 Å². The molecule has 0 saturated heterocycles. The Morgan fingerprint density at radius 2 is 2.16 bits per heavy atom. The molecule has 0 radical (unpaired) electrons. The fraction of sp³-hybridized carbons (Fsp3) is 0.467. The summed E-state index contributed by atoms with van der Waals surface area (Å²) < 4.78 is 5.17. The van der Waals surface area contributed by atoms with E-state index in [2.05, 4.69) is 17.5 Å². The summed E-state index contributed by atoms with van der Waals surface area (Å²) in [6.45, 7) is 2.16. The molecule has 0 spiro atoms. The van der Waals surface area contributed by atoms with Crippen LogP contribution in [0.1, 0.15) is 43.0 Å². The molecule has 4 heteroatoms. The van der Waals surface area contributed by atoms with Gasteiger partial charge in [0.25, 0.3) is 5.91 Å². The highest BCUT2D eigenvalue weighted by molar-refractivity contribution is 5.98. The Morgan fingerprint density at radius 1 is 1.37 bits per heavy atom. The average Bonchev–Trinajstić information content (AvgIpc) is 2.46. The summed E-state index contributed by atoms with van der Waals surface area (Å²) in [7, 11) is 1.56. The van der Waals surface area contributed by atoms with Crippen LogP contribution in [0.5, 0.6) is 5.75 Å². The van der Waals surface area contributed by atoms with Crippen molar-refractivity contribution in [1.82, 2.24) is 5.43 Å². The molecule has 1 unspecified atom stereocenters. The van der Waals surface area contributed by atoms with Crippen LogP contribution in [0.15, 0.2) is 29.4 Å². The molecule has 4 nitrogen and oxygen atoms in total. The third kappa shape index (κ3) is 3.34. The van der Waals surface area contributed by atoms with Crippen LogP contribution in [0.4, 0.5) is 0 Å². The molecule has 1 atom stereocenters. The van der Waals surface area contributed by atoms with Gasteiger partial charge in [-0.05, 0) is 37.3 Å². The molecule has 1 N–H and O–H groups in total. The zero-order chi connectivity index (χ0) is 13.7. The van der Waals surface area contributed by atoms with Gasteiger partial charge < -0.3 is 4.74 Å². The highest BCUT2D eigenvalue weighted by Gasteiger charge is 2.17. The Bertz CT molecular complexity index is 483. The van der Waals surface area contributed by atoms with Gasteiger partial charge in [-0.15, -0.1) is 0 Å². The Kier molecular flexibility index (Phi) is 4.55.